The zero-order chi connectivity index (χ0) is 11.1. The van der Waals surface area contributed by atoms with Gasteiger partial charge in [-0.1, -0.05) is 13.8 Å². The summed E-state index contributed by atoms with van der Waals surface area (Å²) >= 11 is 4.88. The van der Waals surface area contributed by atoms with Crippen LogP contribution in [0, 0.1) is 16.0 Å². The standard InChI is InChI=1S/C8H12ClNO4/c1-6(2)3-4-7(10(12)13)5-14-8(9)11/h4,6H,3,5H2,1-2H3/b7-4+. The topological polar surface area (TPSA) is 69.4 Å². The Hall–Kier alpha value is -1.10. The van der Waals surface area contributed by atoms with Crippen LogP contribution in [0.25, 0.3) is 0 Å². The van der Waals surface area contributed by atoms with Crippen molar-refractivity contribution in [3.05, 3.63) is 21.9 Å². The number of nitro groups is 1. The molecule has 0 bridgehead atoms. The summed E-state index contributed by atoms with van der Waals surface area (Å²) in [4.78, 5) is 20.0. The van der Waals surface area contributed by atoms with Crippen LogP contribution in [0.15, 0.2) is 11.8 Å². The highest BCUT2D eigenvalue weighted by atomic mass is 35.5. The quantitative estimate of drug-likeness (QED) is 0.406. The van der Waals surface area contributed by atoms with E-state index in [9.17, 15) is 14.9 Å². The highest BCUT2D eigenvalue weighted by molar-refractivity contribution is 6.61. The van der Waals surface area contributed by atoms with Crippen LogP contribution in [0.4, 0.5) is 4.79 Å². The number of carbonyl (C=O) groups is 1. The van der Waals surface area contributed by atoms with Crippen LogP contribution < -0.4 is 0 Å². The Morgan fingerprint density at radius 3 is 2.57 bits per heavy atom. The molecule has 0 atom stereocenters. The van der Waals surface area contributed by atoms with E-state index in [2.05, 4.69) is 4.74 Å². The summed E-state index contributed by atoms with van der Waals surface area (Å²) in [6, 6.07) is 0. The molecule has 0 unspecified atom stereocenters. The van der Waals surface area contributed by atoms with Crippen molar-refractivity contribution < 1.29 is 14.5 Å². The van der Waals surface area contributed by atoms with E-state index in [1.165, 1.54) is 6.08 Å². The number of halogens is 1. The molecule has 0 aliphatic heterocycles. The lowest BCUT2D eigenvalue weighted by molar-refractivity contribution is -0.429. The normalized spacial score (nSPS) is 11.6. The lowest BCUT2D eigenvalue weighted by Gasteiger charge is -2.00. The van der Waals surface area contributed by atoms with E-state index in [1.807, 2.05) is 13.8 Å². The van der Waals surface area contributed by atoms with Gasteiger partial charge >= 0.3 is 5.43 Å². The monoisotopic (exact) mass is 221 g/mol. The smallest absolute Gasteiger partial charge is 0.404 e. The molecule has 0 amide bonds. The van der Waals surface area contributed by atoms with Gasteiger partial charge < -0.3 is 4.74 Å². The van der Waals surface area contributed by atoms with E-state index < -0.39 is 10.4 Å². The minimum atomic E-state index is -1.04. The lowest BCUT2D eigenvalue weighted by atomic mass is 10.1. The first-order chi connectivity index (χ1) is 6.43. The van der Waals surface area contributed by atoms with E-state index in [-0.39, 0.29) is 12.3 Å². The van der Waals surface area contributed by atoms with Gasteiger partial charge in [-0.05, 0) is 18.4 Å². The lowest BCUT2D eigenvalue weighted by Crippen LogP contribution is -2.08. The first-order valence-corrected chi connectivity index (χ1v) is 4.47. The molecule has 14 heavy (non-hydrogen) atoms. The summed E-state index contributed by atoms with van der Waals surface area (Å²) in [6.45, 7) is 3.48. The second kappa shape index (κ2) is 6.37. The van der Waals surface area contributed by atoms with E-state index in [0.717, 1.165) is 0 Å². The number of ether oxygens (including phenoxy) is 1. The molecule has 0 saturated heterocycles. The first-order valence-electron chi connectivity index (χ1n) is 4.09. The van der Waals surface area contributed by atoms with Crippen LogP contribution in [-0.4, -0.2) is 17.0 Å². The van der Waals surface area contributed by atoms with Crippen LogP contribution in [0.1, 0.15) is 20.3 Å². The molecule has 0 heterocycles. The molecule has 0 rings (SSSR count). The van der Waals surface area contributed by atoms with Gasteiger partial charge in [-0.25, -0.2) is 4.79 Å². The molecule has 0 aliphatic rings. The Morgan fingerprint density at radius 2 is 2.21 bits per heavy atom. The largest absolute Gasteiger partial charge is 0.442 e. The molecule has 0 spiro atoms. The molecule has 0 aromatic carbocycles. The van der Waals surface area contributed by atoms with Crippen LogP contribution >= 0.6 is 11.6 Å². The van der Waals surface area contributed by atoms with Crippen molar-refractivity contribution in [1.29, 1.82) is 0 Å². The first kappa shape index (κ1) is 12.9. The van der Waals surface area contributed by atoms with Gasteiger partial charge in [-0.15, -0.1) is 0 Å². The fraction of sp³-hybridized carbons (Fsp3) is 0.625. The third-order valence-corrected chi connectivity index (χ3v) is 1.50. The van der Waals surface area contributed by atoms with E-state index >= 15 is 0 Å². The Morgan fingerprint density at radius 1 is 1.64 bits per heavy atom. The maximum absolute atomic E-state index is 10.4. The third-order valence-electron chi connectivity index (χ3n) is 1.39. The predicted octanol–water partition coefficient (Wildman–Crippen LogP) is 2.57. The Balaban J connectivity index is 4.22. The average Bonchev–Trinajstić information content (AvgIpc) is 2.02. The van der Waals surface area contributed by atoms with Gasteiger partial charge in [0.2, 0.25) is 0 Å². The molecule has 0 aliphatic carbocycles. The highest BCUT2D eigenvalue weighted by Crippen LogP contribution is 2.06. The maximum atomic E-state index is 10.4. The van der Waals surface area contributed by atoms with Gasteiger partial charge in [0, 0.05) is 11.6 Å². The SMILES string of the molecule is CC(C)C/C=C(\COC(=O)Cl)[N+](=O)[O-]. The minimum absolute atomic E-state index is 0.146. The summed E-state index contributed by atoms with van der Waals surface area (Å²) in [5, 5.41) is 10.4. The second-order valence-corrected chi connectivity index (χ2v) is 3.42. The van der Waals surface area contributed by atoms with Gasteiger partial charge in [0.25, 0.3) is 5.70 Å². The average molecular weight is 222 g/mol. The van der Waals surface area contributed by atoms with Crippen LogP contribution in [0.3, 0.4) is 0 Å². The molecule has 0 N–H and O–H groups in total. The van der Waals surface area contributed by atoms with Gasteiger partial charge in [-0.3, -0.25) is 10.1 Å². The maximum Gasteiger partial charge on any atom is 0.404 e. The van der Waals surface area contributed by atoms with Crippen molar-refractivity contribution in [2.75, 3.05) is 6.61 Å². The zero-order valence-corrected chi connectivity index (χ0v) is 8.78. The summed E-state index contributed by atoms with van der Waals surface area (Å²) in [6.07, 6.45) is 2.00. The second-order valence-electron chi connectivity index (χ2n) is 3.11. The molecule has 6 heteroatoms. The van der Waals surface area contributed by atoms with Crippen molar-refractivity contribution in [2.45, 2.75) is 20.3 Å². The summed E-state index contributed by atoms with van der Waals surface area (Å²) in [5.74, 6) is 0.316. The molecule has 80 valence electrons. The van der Waals surface area contributed by atoms with Crippen molar-refractivity contribution >= 4 is 17.0 Å². The van der Waals surface area contributed by atoms with Gasteiger partial charge in [-0.2, -0.15) is 0 Å². The minimum Gasteiger partial charge on any atom is -0.442 e. The Labute approximate surface area is 86.8 Å². The number of nitrogens with zero attached hydrogens (tertiary/aromatic N) is 1. The third kappa shape index (κ3) is 6.42. The van der Waals surface area contributed by atoms with E-state index in [0.29, 0.717) is 12.3 Å². The number of carbonyl (C=O) groups excluding carboxylic acids is 1. The predicted molar refractivity (Wildman–Crippen MR) is 51.7 cm³/mol. The number of allylic oxidation sites excluding steroid dienone is 1. The molecule has 0 saturated carbocycles. The van der Waals surface area contributed by atoms with Crippen LogP contribution in [-0.2, 0) is 4.74 Å². The summed E-state index contributed by atoms with van der Waals surface area (Å²) in [7, 11) is 0. The number of rotatable bonds is 5. The van der Waals surface area contributed by atoms with E-state index in [1.54, 1.807) is 0 Å². The van der Waals surface area contributed by atoms with Crippen LogP contribution in [0.5, 0.6) is 0 Å². The fourth-order valence-corrected chi connectivity index (χ4v) is 0.743. The number of hydrogen-bond acceptors (Lipinski definition) is 4. The Bertz CT molecular complexity index is 250. The molecule has 0 fully saturated rings. The van der Waals surface area contributed by atoms with Gasteiger partial charge in [0.05, 0.1) is 4.92 Å². The molecule has 0 aromatic heterocycles. The highest BCUT2D eigenvalue weighted by Gasteiger charge is 2.12. The molecular weight excluding hydrogens is 210 g/mol. The van der Waals surface area contributed by atoms with Crippen molar-refractivity contribution in [3.8, 4) is 0 Å². The van der Waals surface area contributed by atoms with Gasteiger partial charge in [0.1, 0.15) is 0 Å². The summed E-state index contributed by atoms with van der Waals surface area (Å²) < 4.78 is 4.31. The van der Waals surface area contributed by atoms with Gasteiger partial charge in [0.15, 0.2) is 6.61 Å². The van der Waals surface area contributed by atoms with Crippen molar-refractivity contribution in [1.82, 2.24) is 0 Å². The molecular formula is C8H12ClNO4. The van der Waals surface area contributed by atoms with Crippen LogP contribution in [0.2, 0.25) is 0 Å². The summed E-state index contributed by atoms with van der Waals surface area (Å²) in [5.41, 5.74) is -1.19. The zero-order valence-electron chi connectivity index (χ0n) is 8.03. The van der Waals surface area contributed by atoms with Crippen molar-refractivity contribution in [2.24, 2.45) is 5.92 Å². The molecule has 5 nitrogen and oxygen atoms in total. The van der Waals surface area contributed by atoms with E-state index in [4.69, 9.17) is 11.6 Å². The number of hydrogen-bond donors (Lipinski definition) is 0. The fourth-order valence-electron chi connectivity index (χ4n) is 0.689. The Kier molecular flexibility index (Phi) is 5.87. The van der Waals surface area contributed by atoms with Crippen molar-refractivity contribution in [3.63, 3.8) is 0 Å². The molecule has 0 aromatic rings. The molecule has 0 radical (unpaired) electrons.